The van der Waals surface area contributed by atoms with Crippen molar-refractivity contribution in [1.82, 2.24) is 10.2 Å². The van der Waals surface area contributed by atoms with Gasteiger partial charge in [-0.15, -0.1) is 0 Å². The Morgan fingerprint density at radius 1 is 1.12 bits per heavy atom. The second kappa shape index (κ2) is 13.6. The molecule has 1 aliphatic carbocycles. The summed E-state index contributed by atoms with van der Waals surface area (Å²) in [5, 5.41) is 15.1. The molecule has 1 fully saturated rings. The van der Waals surface area contributed by atoms with E-state index in [1.807, 2.05) is 0 Å². The van der Waals surface area contributed by atoms with Gasteiger partial charge >= 0.3 is 0 Å². The normalized spacial score (nSPS) is 14.8. The average molecular weight is 614 g/mol. The number of halogens is 2. The zero-order valence-electron chi connectivity index (χ0n) is 22.7. The highest BCUT2D eigenvalue weighted by atomic mass is 35.5. The van der Waals surface area contributed by atoms with Crippen molar-refractivity contribution in [2.24, 2.45) is 0 Å². The van der Waals surface area contributed by atoms with E-state index in [2.05, 4.69) is 5.32 Å². The standard InChI is InChI=1S/C27H34Cl2N4O6S/c1-4-24(27(35)30-21-8-6-5-7-9-21)31(16-19-11-12-20(28)14-23(19)29)26(34)17-32(40(3,38)39)25-15-22(33(36)37)13-10-18(25)2/h10-15,21,24H,4-9,16-17H2,1-3H3,(H,30,35). The molecule has 0 spiro atoms. The van der Waals surface area contributed by atoms with Gasteiger partial charge in [0.25, 0.3) is 5.69 Å². The van der Waals surface area contributed by atoms with Crippen molar-refractivity contribution in [1.29, 1.82) is 0 Å². The molecule has 0 bridgehead atoms. The Bertz CT molecular complexity index is 1360. The van der Waals surface area contributed by atoms with Gasteiger partial charge in [-0.05, 0) is 49.4 Å². The summed E-state index contributed by atoms with van der Waals surface area (Å²) in [6, 6.07) is 7.70. The van der Waals surface area contributed by atoms with Gasteiger partial charge in [0.15, 0.2) is 0 Å². The third kappa shape index (κ3) is 8.08. The summed E-state index contributed by atoms with van der Waals surface area (Å²) in [6.07, 6.45) is 6.03. The number of amides is 2. The molecule has 40 heavy (non-hydrogen) atoms. The average Bonchev–Trinajstić information content (AvgIpc) is 2.88. The van der Waals surface area contributed by atoms with Crippen molar-refractivity contribution < 1.29 is 22.9 Å². The fourth-order valence-corrected chi connectivity index (χ4v) is 6.24. The summed E-state index contributed by atoms with van der Waals surface area (Å²) in [6.45, 7) is 2.63. The zero-order valence-corrected chi connectivity index (χ0v) is 25.1. The first-order chi connectivity index (χ1) is 18.8. The van der Waals surface area contributed by atoms with E-state index in [4.69, 9.17) is 23.2 Å². The molecule has 2 amide bonds. The summed E-state index contributed by atoms with van der Waals surface area (Å²) in [5.74, 6) is -0.988. The number of nitrogens with zero attached hydrogens (tertiary/aromatic N) is 3. The van der Waals surface area contributed by atoms with Crippen molar-refractivity contribution in [3.05, 3.63) is 67.7 Å². The number of aryl methyl sites for hydroxylation is 1. The Balaban J connectivity index is 2.00. The molecule has 1 aliphatic rings. The fourth-order valence-electron chi connectivity index (χ4n) is 4.87. The predicted molar refractivity (Wildman–Crippen MR) is 156 cm³/mol. The van der Waals surface area contributed by atoms with E-state index in [0.29, 0.717) is 21.2 Å². The minimum absolute atomic E-state index is 0.00593. The third-order valence-corrected chi connectivity index (χ3v) is 8.76. The van der Waals surface area contributed by atoms with Crippen LogP contribution < -0.4 is 9.62 Å². The van der Waals surface area contributed by atoms with Crippen LogP contribution in [0.5, 0.6) is 0 Å². The quantitative estimate of drug-likeness (QED) is 0.273. The Kier molecular flexibility index (Phi) is 10.8. The highest BCUT2D eigenvalue weighted by Gasteiger charge is 2.34. The van der Waals surface area contributed by atoms with Crippen molar-refractivity contribution in [3.8, 4) is 0 Å². The highest BCUT2D eigenvalue weighted by Crippen LogP contribution is 2.29. The molecule has 1 atom stereocenters. The van der Waals surface area contributed by atoms with Crippen LogP contribution in [0.25, 0.3) is 0 Å². The van der Waals surface area contributed by atoms with Gasteiger partial charge in [-0.3, -0.25) is 24.0 Å². The number of carbonyl (C=O) groups excluding carboxylic acids is 2. The molecule has 1 unspecified atom stereocenters. The van der Waals surface area contributed by atoms with E-state index in [1.165, 1.54) is 23.1 Å². The smallest absolute Gasteiger partial charge is 0.271 e. The van der Waals surface area contributed by atoms with Gasteiger partial charge in [0.1, 0.15) is 12.6 Å². The van der Waals surface area contributed by atoms with E-state index in [9.17, 15) is 28.1 Å². The summed E-state index contributed by atoms with van der Waals surface area (Å²) in [4.78, 5) is 39.5. The number of anilines is 1. The lowest BCUT2D eigenvalue weighted by Gasteiger charge is -2.34. The van der Waals surface area contributed by atoms with Crippen molar-refractivity contribution in [2.75, 3.05) is 17.1 Å². The van der Waals surface area contributed by atoms with E-state index in [0.717, 1.165) is 48.7 Å². The van der Waals surface area contributed by atoms with Crippen LogP contribution in [0.2, 0.25) is 10.0 Å². The van der Waals surface area contributed by atoms with Gasteiger partial charge in [0.05, 0.1) is 16.9 Å². The molecule has 3 rings (SSSR count). The molecule has 0 aliphatic heterocycles. The Morgan fingerprint density at radius 2 is 1.80 bits per heavy atom. The molecular formula is C27H34Cl2N4O6S. The van der Waals surface area contributed by atoms with Gasteiger partial charge in [-0.2, -0.15) is 0 Å². The largest absolute Gasteiger partial charge is 0.352 e. The lowest BCUT2D eigenvalue weighted by molar-refractivity contribution is -0.384. The van der Waals surface area contributed by atoms with Crippen LogP contribution in [0, 0.1) is 17.0 Å². The molecule has 0 aromatic heterocycles. The molecule has 1 N–H and O–H groups in total. The van der Waals surface area contributed by atoms with Crippen LogP contribution in [0.15, 0.2) is 36.4 Å². The SMILES string of the molecule is CCC(C(=O)NC1CCCCC1)N(Cc1ccc(Cl)cc1Cl)C(=O)CN(c1cc([N+](=O)[O-])ccc1C)S(C)(=O)=O. The summed E-state index contributed by atoms with van der Waals surface area (Å²) in [5.41, 5.74) is 0.651. The van der Waals surface area contributed by atoms with Gasteiger partial charge < -0.3 is 10.2 Å². The third-order valence-electron chi connectivity index (χ3n) is 7.04. The van der Waals surface area contributed by atoms with E-state index in [-0.39, 0.29) is 36.3 Å². The van der Waals surface area contributed by atoms with E-state index in [1.54, 1.807) is 26.0 Å². The van der Waals surface area contributed by atoms with Crippen molar-refractivity contribution in [3.63, 3.8) is 0 Å². The Hall–Kier alpha value is -2.89. The number of sulfonamides is 1. The lowest BCUT2D eigenvalue weighted by Crippen LogP contribution is -2.54. The monoisotopic (exact) mass is 612 g/mol. The van der Waals surface area contributed by atoms with Crippen molar-refractivity contribution >= 4 is 56.4 Å². The summed E-state index contributed by atoms with van der Waals surface area (Å²) in [7, 11) is -4.05. The van der Waals surface area contributed by atoms with Gasteiger partial charge in [0.2, 0.25) is 21.8 Å². The number of nitro benzene ring substituents is 1. The van der Waals surface area contributed by atoms with Crippen LogP contribution in [0.1, 0.15) is 56.6 Å². The number of nitro groups is 1. The van der Waals surface area contributed by atoms with Crippen molar-refractivity contribution in [2.45, 2.75) is 71.0 Å². The van der Waals surface area contributed by atoms with Crippen LogP contribution >= 0.6 is 23.2 Å². The van der Waals surface area contributed by atoms with Gasteiger partial charge in [-0.1, -0.05) is 61.5 Å². The van der Waals surface area contributed by atoms with Gasteiger partial charge in [0, 0.05) is 34.8 Å². The maximum atomic E-state index is 13.9. The fraction of sp³-hybridized carbons (Fsp3) is 0.481. The van der Waals surface area contributed by atoms with Gasteiger partial charge in [-0.25, -0.2) is 8.42 Å². The van der Waals surface area contributed by atoms with Crippen LogP contribution in [0.3, 0.4) is 0 Å². The Labute approximate surface area is 244 Å². The molecule has 2 aromatic carbocycles. The number of non-ortho nitro benzene ring substituents is 1. The predicted octanol–water partition coefficient (Wildman–Crippen LogP) is 5.23. The zero-order chi connectivity index (χ0) is 29.6. The van der Waals surface area contributed by atoms with Crippen LogP contribution in [0.4, 0.5) is 11.4 Å². The first-order valence-electron chi connectivity index (χ1n) is 13.1. The second-order valence-electron chi connectivity index (χ2n) is 10.0. The maximum Gasteiger partial charge on any atom is 0.271 e. The molecule has 0 radical (unpaired) electrons. The molecule has 0 heterocycles. The first kappa shape index (κ1) is 31.6. The lowest BCUT2D eigenvalue weighted by atomic mass is 9.95. The number of nitrogens with one attached hydrogen (secondary N) is 1. The maximum absolute atomic E-state index is 13.9. The van der Waals surface area contributed by atoms with Crippen LogP contribution in [-0.4, -0.2) is 54.9 Å². The molecular weight excluding hydrogens is 579 g/mol. The number of benzene rings is 2. The Morgan fingerprint density at radius 3 is 2.38 bits per heavy atom. The van der Waals surface area contributed by atoms with E-state index >= 15 is 0 Å². The summed E-state index contributed by atoms with van der Waals surface area (Å²) >= 11 is 12.5. The number of carbonyl (C=O) groups is 2. The molecule has 10 nitrogen and oxygen atoms in total. The minimum Gasteiger partial charge on any atom is -0.352 e. The molecule has 0 saturated heterocycles. The topological polar surface area (TPSA) is 130 Å². The van der Waals surface area contributed by atoms with E-state index < -0.39 is 33.4 Å². The number of hydrogen-bond donors (Lipinski definition) is 1. The van der Waals surface area contributed by atoms with Crippen LogP contribution in [-0.2, 0) is 26.2 Å². The molecule has 1 saturated carbocycles. The number of rotatable bonds is 11. The second-order valence-corrected chi connectivity index (χ2v) is 12.8. The molecule has 2 aromatic rings. The molecule has 13 heteroatoms. The highest BCUT2D eigenvalue weighted by molar-refractivity contribution is 7.92. The summed E-state index contributed by atoms with van der Waals surface area (Å²) < 4.78 is 26.6. The molecule has 218 valence electrons. The minimum atomic E-state index is -4.05. The number of hydrogen-bond acceptors (Lipinski definition) is 6. The first-order valence-corrected chi connectivity index (χ1v) is 15.7.